The zero-order valence-corrected chi connectivity index (χ0v) is 11.0. The van der Waals surface area contributed by atoms with Gasteiger partial charge in [-0.2, -0.15) is 0 Å². The third kappa shape index (κ3) is 3.15. The van der Waals surface area contributed by atoms with Gasteiger partial charge in [-0.3, -0.25) is 0 Å². The van der Waals surface area contributed by atoms with Gasteiger partial charge in [0.15, 0.2) is 0 Å². The Bertz CT molecular complexity index is 427. The minimum absolute atomic E-state index is 0. The maximum Gasteiger partial charge on any atom is 1.00 e. The summed E-state index contributed by atoms with van der Waals surface area (Å²) >= 11 is 3.48. The molecule has 1 nitrogen and oxygen atoms in total. The van der Waals surface area contributed by atoms with Crippen molar-refractivity contribution in [2.45, 2.75) is 6.92 Å². The van der Waals surface area contributed by atoms with Crippen molar-refractivity contribution in [2.75, 3.05) is 0 Å². The van der Waals surface area contributed by atoms with E-state index in [1.165, 1.54) is 5.56 Å². The van der Waals surface area contributed by atoms with Gasteiger partial charge in [-0.05, 0) is 13.0 Å². The molecular formula is C13H11BrLiN. The first-order chi connectivity index (χ1) is 7.27. The van der Waals surface area contributed by atoms with Gasteiger partial charge in [-0.25, -0.2) is 0 Å². The van der Waals surface area contributed by atoms with Crippen molar-refractivity contribution in [3.8, 4) is 0 Å². The van der Waals surface area contributed by atoms with E-state index in [1.807, 2.05) is 42.5 Å². The molecule has 0 fully saturated rings. The molecule has 2 aromatic carbocycles. The molecule has 0 aromatic heterocycles. The summed E-state index contributed by atoms with van der Waals surface area (Å²) in [5.41, 5.74) is 3.17. The summed E-state index contributed by atoms with van der Waals surface area (Å²) in [5.74, 6) is 0. The van der Waals surface area contributed by atoms with E-state index in [4.69, 9.17) is 0 Å². The van der Waals surface area contributed by atoms with Crippen LogP contribution in [0.3, 0.4) is 0 Å². The Morgan fingerprint density at radius 3 is 2.06 bits per heavy atom. The summed E-state index contributed by atoms with van der Waals surface area (Å²) in [6.07, 6.45) is 0. The standard InChI is InChI=1S/C13H11BrN.Li/c1-10-6-2-4-8-12(10)15-13-9-5-3-7-11(13)14;/h2-9H,1H3;/q-1;+1. The summed E-state index contributed by atoms with van der Waals surface area (Å²) < 4.78 is 1.02. The molecule has 0 N–H and O–H groups in total. The maximum atomic E-state index is 4.59. The van der Waals surface area contributed by atoms with E-state index < -0.39 is 0 Å². The van der Waals surface area contributed by atoms with E-state index in [9.17, 15) is 0 Å². The van der Waals surface area contributed by atoms with Crippen LogP contribution in [-0.2, 0) is 0 Å². The van der Waals surface area contributed by atoms with Gasteiger partial charge in [0.2, 0.25) is 0 Å². The minimum atomic E-state index is 0. The molecule has 0 amide bonds. The Kier molecular flexibility index (Phi) is 5.15. The molecule has 0 atom stereocenters. The Balaban J connectivity index is 0.00000128. The van der Waals surface area contributed by atoms with Crippen LogP contribution < -0.4 is 18.9 Å². The van der Waals surface area contributed by atoms with Gasteiger partial charge < -0.3 is 5.32 Å². The second-order valence-corrected chi connectivity index (χ2v) is 4.20. The first-order valence-electron chi connectivity index (χ1n) is 4.79. The number of nitrogens with zero attached hydrogens (tertiary/aromatic N) is 1. The molecule has 0 heterocycles. The second kappa shape index (κ2) is 6.15. The third-order valence-electron chi connectivity index (χ3n) is 2.21. The fourth-order valence-electron chi connectivity index (χ4n) is 1.36. The van der Waals surface area contributed by atoms with E-state index in [2.05, 4.69) is 34.2 Å². The van der Waals surface area contributed by atoms with Crippen LogP contribution in [0.1, 0.15) is 5.56 Å². The molecule has 0 bridgehead atoms. The molecule has 2 rings (SSSR count). The fraction of sp³-hybridized carbons (Fsp3) is 0.0769. The number of hydrogen-bond donors (Lipinski definition) is 0. The van der Waals surface area contributed by atoms with Gasteiger partial charge in [0, 0.05) is 4.47 Å². The summed E-state index contributed by atoms with van der Waals surface area (Å²) in [6, 6.07) is 16.1. The largest absolute Gasteiger partial charge is 1.00 e. The topological polar surface area (TPSA) is 14.1 Å². The molecule has 3 heteroatoms. The summed E-state index contributed by atoms with van der Waals surface area (Å²) in [7, 11) is 0. The van der Waals surface area contributed by atoms with Gasteiger partial charge >= 0.3 is 18.9 Å². The summed E-state index contributed by atoms with van der Waals surface area (Å²) in [5, 5.41) is 4.59. The molecular weight excluding hydrogens is 257 g/mol. The van der Waals surface area contributed by atoms with Crippen LogP contribution in [0, 0.1) is 6.92 Å². The molecule has 16 heavy (non-hydrogen) atoms. The molecule has 0 spiro atoms. The average Bonchev–Trinajstić information content (AvgIpc) is 2.24. The van der Waals surface area contributed by atoms with Gasteiger partial charge in [0.1, 0.15) is 0 Å². The monoisotopic (exact) mass is 267 g/mol. The minimum Gasteiger partial charge on any atom is -0.657 e. The molecule has 0 radical (unpaired) electrons. The fourth-order valence-corrected chi connectivity index (χ4v) is 1.73. The van der Waals surface area contributed by atoms with Gasteiger partial charge in [0.25, 0.3) is 0 Å². The molecule has 0 aliphatic carbocycles. The Hall–Kier alpha value is -0.683. The van der Waals surface area contributed by atoms with Crippen molar-refractivity contribution in [3.05, 3.63) is 63.9 Å². The van der Waals surface area contributed by atoms with Crippen molar-refractivity contribution in [1.29, 1.82) is 0 Å². The van der Waals surface area contributed by atoms with Crippen LogP contribution in [0.25, 0.3) is 5.32 Å². The Morgan fingerprint density at radius 2 is 1.44 bits per heavy atom. The quantitative estimate of drug-likeness (QED) is 0.740. The molecule has 2 aromatic rings. The molecule has 0 aliphatic rings. The van der Waals surface area contributed by atoms with Crippen LogP contribution in [0.2, 0.25) is 0 Å². The molecule has 0 aliphatic heterocycles. The summed E-state index contributed by atoms with van der Waals surface area (Å²) in [6.45, 7) is 2.07. The first-order valence-corrected chi connectivity index (χ1v) is 5.58. The van der Waals surface area contributed by atoms with E-state index in [1.54, 1.807) is 0 Å². The Labute approximate surface area is 117 Å². The maximum absolute atomic E-state index is 4.59. The SMILES string of the molecule is Cc1ccccc1[N-]c1ccccc1Br.[Li+]. The van der Waals surface area contributed by atoms with Crippen LogP contribution >= 0.6 is 15.9 Å². The van der Waals surface area contributed by atoms with Gasteiger partial charge in [-0.15, -0.1) is 11.4 Å². The molecule has 0 unspecified atom stereocenters. The molecule has 0 saturated carbocycles. The predicted octanol–water partition coefficient (Wildman–Crippen LogP) is 2.10. The van der Waals surface area contributed by atoms with Crippen molar-refractivity contribution in [3.63, 3.8) is 0 Å². The van der Waals surface area contributed by atoms with E-state index in [0.717, 1.165) is 15.8 Å². The molecule has 0 saturated heterocycles. The van der Waals surface area contributed by atoms with E-state index in [-0.39, 0.29) is 18.9 Å². The molecule has 76 valence electrons. The first kappa shape index (κ1) is 13.4. The normalized spacial score (nSPS) is 9.38. The number of rotatable bonds is 2. The predicted molar refractivity (Wildman–Crippen MR) is 68.0 cm³/mol. The number of halogens is 1. The second-order valence-electron chi connectivity index (χ2n) is 3.35. The van der Waals surface area contributed by atoms with Crippen LogP contribution in [0.5, 0.6) is 0 Å². The van der Waals surface area contributed by atoms with Crippen LogP contribution in [0.4, 0.5) is 11.4 Å². The zero-order chi connectivity index (χ0) is 10.7. The van der Waals surface area contributed by atoms with Gasteiger partial charge in [0.05, 0.1) is 0 Å². The Morgan fingerprint density at radius 1 is 0.875 bits per heavy atom. The van der Waals surface area contributed by atoms with Crippen molar-refractivity contribution < 1.29 is 18.9 Å². The van der Waals surface area contributed by atoms with Crippen molar-refractivity contribution >= 4 is 27.3 Å². The van der Waals surface area contributed by atoms with Crippen LogP contribution in [0.15, 0.2) is 53.0 Å². The van der Waals surface area contributed by atoms with Crippen molar-refractivity contribution in [1.82, 2.24) is 0 Å². The van der Waals surface area contributed by atoms with Gasteiger partial charge in [-0.1, -0.05) is 64.0 Å². The summed E-state index contributed by atoms with van der Waals surface area (Å²) in [4.78, 5) is 0. The van der Waals surface area contributed by atoms with Crippen LogP contribution in [-0.4, -0.2) is 0 Å². The number of aryl methyl sites for hydroxylation is 1. The van der Waals surface area contributed by atoms with E-state index >= 15 is 0 Å². The average molecular weight is 268 g/mol. The number of benzene rings is 2. The zero-order valence-electron chi connectivity index (χ0n) is 9.44. The van der Waals surface area contributed by atoms with E-state index in [0.29, 0.717) is 0 Å². The number of para-hydroxylation sites is 2. The smallest absolute Gasteiger partial charge is 0.657 e. The van der Waals surface area contributed by atoms with Crippen molar-refractivity contribution in [2.24, 2.45) is 0 Å². The third-order valence-corrected chi connectivity index (χ3v) is 2.88. The number of hydrogen-bond acceptors (Lipinski definition) is 0.